The lowest BCUT2D eigenvalue weighted by Gasteiger charge is -2.21. The number of pyridine rings is 1. The average molecular weight is 301 g/mol. The van der Waals surface area contributed by atoms with Crippen molar-refractivity contribution in [1.29, 1.82) is 0 Å². The van der Waals surface area contributed by atoms with Crippen LogP contribution in [0.1, 0.15) is 12.5 Å². The summed E-state index contributed by atoms with van der Waals surface area (Å²) in [5.74, 6) is -0.247. The Balaban J connectivity index is 2.24. The number of rotatable bonds is 6. The number of nitrogens with one attached hydrogen (secondary N) is 1. The maximum Gasteiger partial charge on any atom is 0.285 e. The standard InChI is InChI=1S/C17H20FN3O/c1-3-4-5-15(13(2)18)16(21-17-20-10-11-22-17)12-14-6-8-19-9-7-14/h3-9,16H,1,10-12H2,2H3,(H,20,21)/b5-4-,15-13-. The molecule has 2 rings (SSSR count). The summed E-state index contributed by atoms with van der Waals surface area (Å²) in [7, 11) is 0. The van der Waals surface area contributed by atoms with E-state index < -0.39 is 0 Å². The van der Waals surface area contributed by atoms with Crippen LogP contribution >= 0.6 is 0 Å². The lowest BCUT2D eigenvalue weighted by Crippen LogP contribution is -2.38. The molecule has 1 unspecified atom stereocenters. The molecular weight excluding hydrogens is 281 g/mol. The normalized spacial score (nSPS) is 16.7. The molecule has 0 fully saturated rings. The molecule has 4 nitrogen and oxygen atoms in total. The Morgan fingerprint density at radius 1 is 1.50 bits per heavy atom. The van der Waals surface area contributed by atoms with Crippen molar-refractivity contribution in [3.05, 3.63) is 66.3 Å². The molecule has 0 aliphatic carbocycles. The third kappa shape index (κ3) is 4.55. The van der Waals surface area contributed by atoms with Crippen molar-refractivity contribution in [3.8, 4) is 0 Å². The van der Waals surface area contributed by atoms with Crippen LogP contribution in [0.15, 0.2) is 65.7 Å². The first-order valence-corrected chi connectivity index (χ1v) is 7.18. The van der Waals surface area contributed by atoms with Crippen LogP contribution in [0.2, 0.25) is 0 Å². The maximum absolute atomic E-state index is 14.0. The van der Waals surface area contributed by atoms with Gasteiger partial charge in [0.1, 0.15) is 12.4 Å². The molecule has 5 heteroatoms. The molecule has 0 spiro atoms. The van der Waals surface area contributed by atoms with Gasteiger partial charge in [-0.25, -0.2) is 9.38 Å². The highest BCUT2D eigenvalue weighted by Crippen LogP contribution is 2.17. The molecule has 0 radical (unpaired) electrons. The van der Waals surface area contributed by atoms with Crippen LogP contribution in [0.5, 0.6) is 0 Å². The van der Waals surface area contributed by atoms with E-state index >= 15 is 0 Å². The second-order valence-electron chi connectivity index (χ2n) is 4.88. The van der Waals surface area contributed by atoms with Crippen LogP contribution in [-0.2, 0) is 11.2 Å². The lowest BCUT2D eigenvalue weighted by atomic mass is 9.98. The average Bonchev–Trinajstić information content (AvgIpc) is 3.01. The first-order chi connectivity index (χ1) is 10.7. The van der Waals surface area contributed by atoms with E-state index in [-0.39, 0.29) is 11.9 Å². The van der Waals surface area contributed by atoms with E-state index in [2.05, 4.69) is 21.9 Å². The van der Waals surface area contributed by atoms with Crippen LogP contribution in [0.4, 0.5) is 4.39 Å². The zero-order valence-electron chi connectivity index (χ0n) is 12.6. The van der Waals surface area contributed by atoms with Crippen molar-refractivity contribution in [2.45, 2.75) is 19.4 Å². The van der Waals surface area contributed by atoms with Crippen molar-refractivity contribution in [3.63, 3.8) is 0 Å². The minimum absolute atomic E-state index is 0.247. The molecule has 1 aromatic rings. The number of hydrogen-bond donors (Lipinski definition) is 1. The smallest absolute Gasteiger partial charge is 0.285 e. The van der Waals surface area contributed by atoms with Gasteiger partial charge in [-0.3, -0.25) is 4.98 Å². The Morgan fingerprint density at radius 3 is 2.86 bits per heavy atom. The van der Waals surface area contributed by atoms with Gasteiger partial charge in [0.15, 0.2) is 0 Å². The number of aliphatic imine (C=N–C) groups is 1. The minimum Gasteiger partial charge on any atom is -0.463 e. The van der Waals surface area contributed by atoms with Crippen molar-refractivity contribution < 1.29 is 9.13 Å². The maximum atomic E-state index is 14.0. The van der Waals surface area contributed by atoms with E-state index in [0.717, 1.165) is 5.56 Å². The zero-order valence-corrected chi connectivity index (χ0v) is 12.6. The largest absolute Gasteiger partial charge is 0.463 e. The van der Waals surface area contributed by atoms with Crippen LogP contribution in [-0.4, -0.2) is 30.2 Å². The third-order valence-corrected chi connectivity index (χ3v) is 3.26. The highest BCUT2D eigenvalue weighted by atomic mass is 19.1. The molecule has 1 aliphatic heterocycles. The third-order valence-electron chi connectivity index (χ3n) is 3.26. The fourth-order valence-corrected chi connectivity index (χ4v) is 2.21. The summed E-state index contributed by atoms with van der Waals surface area (Å²) in [4.78, 5) is 8.22. The molecule has 0 saturated carbocycles. The van der Waals surface area contributed by atoms with Gasteiger partial charge in [-0.05, 0) is 31.0 Å². The van der Waals surface area contributed by atoms with E-state index in [1.807, 2.05) is 12.1 Å². The van der Waals surface area contributed by atoms with Gasteiger partial charge in [0.2, 0.25) is 0 Å². The molecule has 1 atom stereocenters. The number of ether oxygens (including phenoxy) is 1. The molecule has 0 saturated heterocycles. The summed E-state index contributed by atoms with van der Waals surface area (Å²) in [5, 5.41) is 3.18. The topological polar surface area (TPSA) is 46.5 Å². The van der Waals surface area contributed by atoms with Crippen molar-refractivity contribution in [2.75, 3.05) is 13.2 Å². The minimum atomic E-state index is -0.277. The number of amidine groups is 1. The van der Waals surface area contributed by atoms with E-state index in [4.69, 9.17) is 4.74 Å². The fourth-order valence-electron chi connectivity index (χ4n) is 2.21. The Labute approximate surface area is 130 Å². The van der Waals surface area contributed by atoms with Gasteiger partial charge in [0.25, 0.3) is 6.02 Å². The van der Waals surface area contributed by atoms with Gasteiger partial charge in [0.05, 0.1) is 12.6 Å². The first kappa shape index (κ1) is 15.9. The Hall–Kier alpha value is -2.43. The molecule has 22 heavy (non-hydrogen) atoms. The highest BCUT2D eigenvalue weighted by molar-refractivity contribution is 5.75. The summed E-state index contributed by atoms with van der Waals surface area (Å²) >= 11 is 0. The van der Waals surface area contributed by atoms with Crippen molar-refractivity contribution in [1.82, 2.24) is 10.3 Å². The Bertz CT molecular complexity index is 589. The van der Waals surface area contributed by atoms with Gasteiger partial charge >= 0.3 is 0 Å². The SMILES string of the molecule is C=C/C=C\C(=C(/C)F)C(Cc1ccncc1)NC1=NCCO1. The van der Waals surface area contributed by atoms with Crippen LogP contribution < -0.4 is 5.32 Å². The lowest BCUT2D eigenvalue weighted by molar-refractivity contribution is 0.327. The summed E-state index contributed by atoms with van der Waals surface area (Å²) < 4.78 is 19.4. The van der Waals surface area contributed by atoms with Gasteiger partial charge in [-0.2, -0.15) is 0 Å². The van der Waals surface area contributed by atoms with E-state index in [1.54, 1.807) is 30.6 Å². The number of hydrogen-bond acceptors (Lipinski definition) is 4. The number of nitrogens with zero attached hydrogens (tertiary/aromatic N) is 2. The zero-order chi connectivity index (χ0) is 15.8. The van der Waals surface area contributed by atoms with Gasteiger partial charge in [-0.15, -0.1) is 0 Å². The highest BCUT2D eigenvalue weighted by Gasteiger charge is 2.20. The van der Waals surface area contributed by atoms with Crippen molar-refractivity contribution in [2.24, 2.45) is 4.99 Å². The molecule has 0 amide bonds. The summed E-state index contributed by atoms with van der Waals surface area (Å²) in [6.45, 7) is 6.26. The predicted octanol–water partition coefficient (Wildman–Crippen LogP) is 2.95. The monoisotopic (exact) mass is 301 g/mol. The van der Waals surface area contributed by atoms with Crippen LogP contribution in [0, 0.1) is 0 Å². The second-order valence-corrected chi connectivity index (χ2v) is 4.88. The van der Waals surface area contributed by atoms with Crippen LogP contribution in [0.25, 0.3) is 0 Å². The Morgan fingerprint density at radius 2 is 2.27 bits per heavy atom. The Kier molecular flexibility index (Phi) is 5.89. The van der Waals surface area contributed by atoms with Gasteiger partial charge < -0.3 is 10.1 Å². The second kappa shape index (κ2) is 8.12. The van der Waals surface area contributed by atoms with Gasteiger partial charge in [-0.1, -0.05) is 24.8 Å². The van der Waals surface area contributed by atoms with E-state index in [1.165, 1.54) is 6.92 Å². The molecule has 0 bridgehead atoms. The van der Waals surface area contributed by atoms with E-state index in [9.17, 15) is 4.39 Å². The number of allylic oxidation sites excluding steroid dienone is 3. The fraction of sp³-hybridized carbons (Fsp3) is 0.294. The summed E-state index contributed by atoms with van der Waals surface area (Å²) in [6.07, 6.45) is 9.11. The quantitative estimate of drug-likeness (QED) is 0.822. The number of aromatic nitrogens is 1. The summed E-state index contributed by atoms with van der Waals surface area (Å²) in [5.41, 5.74) is 1.60. The van der Waals surface area contributed by atoms with Crippen molar-refractivity contribution >= 4 is 6.02 Å². The molecule has 1 N–H and O–H groups in total. The molecule has 1 aliphatic rings. The molecule has 0 aromatic carbocycles. The van der Waals surface area contributed by atoms with Gasteiger partial charge in [0, 0.05) is 18.0 Å². The van der Waals surface area contributed by atoms with E-state index in [0.29, 0.717) is 31.2 Å². The molecule has 2 heterocycles. The molecular formula is C17H20FN3O. The first-order valence-electron chi connectivity index (χ1n) is 7.18. The molecule has 116 valence electrons. The number of halogens is 1. The predicted molar refractivity (Wildman–Crippen MR) is 86.3 cm³/mol. The summed E-state index contributed by atoms with van der Waals surface area (Å²) in [6, 6.07) is 4.01. The molecule has 1 aromatic heterocycles. The van der Waals surface area contributed by atoms with Crippen LogP contribution in [0.3, 0.4) is 0 Å².